The molecule has 0 aliphatic carbocycles. The average molecular weight is 324 g/mol. The van der Waals surface area contributed by atoms with E-state index in [4.69, 9.17) is 22.4 Å². The molecule has 1 unspecified atom stereocenters. The molecule has 1 aromatic heterocycles. The van der Waals surface area contributed by atoms with Gasteiger partial charge in [0.2, 0.25) is 0 Å². The number of hydrogen-bond donors (Lipinski definition) is 2. The van der Waals surface area contributed by atoms with Gasteiger partial charge in [0.1, 0.15) is 0 Å². The van der Waals surface area contributed by atoms with Crippen LogP contribution < -0.4 is 11.3 Å². The van der Waals surface area contributed by atoms with E-state index in [1.54, 1.807) is 11.3 Å². The van der Waals surface area contributed by atoms with Gasteiger partial charge in [0.05, 0.1) is 10.7 Å². The molecular formula is C16H22ClN3S. The lowest BCUT2D eigenvalue weighted by atomic mass is 9.93. The van der Waals surface area contributed by atoms with Crippen molar-refractivity contribution in [2.75, 3.05) is 0 Å². The van der Waals surface area contributed by atoms with Crippen molar-refractivity contribution in [2.45, 2.75) is 45.1 Å². The lowest BCUT2D eigenvalue weighted by Gasteiger charge is -2.16. The average Bonchev–Trinajstić information content (AvgIpc) is 2.89. The van der Waals surface area contributed by atoms with Crippen LogP contribution in [0.4, 0.5) is 0 Å². The molecule has 2 aromatic rings. The number of hydrogen-bond acceptors (Lipinski definition) is 4. The molecule has 3 N–H and O–H groups in total. The number of thiazole rings is 1. The maximum Gasteiger partial charge on any atom is 0.0944 e. The fraction of sp³-hybridized carbons (Fsp3) is 0.438. The molecule has 0 saturated heterocycles. The number of benzene rings is 1. The van der Waals surface area contributed by atoms with Crippen LogP contribution in [0.3, 0.4) is 0 Å². The van der Waals surface area contributed by atoms with Crippen LogP contribution in [0.2, 0.25) is 5.02 Å². The molecule has 1 heterocycles. The van der Waals surface area contributed by atoms with Gasteiger partial charge in [-0.1, -0.05) is 44.5 Å². The van der Waals surface area contributed by atoms with Crippen molar-refractivity contribution >= 4 is 22.9 Å². The zero-order valence-electron chi connectivity index (χ0n) is 12.7. The van der Waals surface area contributed by atoms with E-state index in [-0.39, 0.29) is 11.5 Å². The summed E-state index contributed by atoms with van der Waals surface area (Å²) in [6.45, 7) is 6.54. The summed E-state index contributed by atoms with van der Waals surface area (Å²) in [6, 6.07) is 8.06. The van der Waals surface area contributed by atoms with Gasteiger partial charge >= 0.3 is 0 Å². The highest BCUT2D eigenvalue weighted by Crippen LogP contribution is 2.24. The second-order valence-corrected chi connectivity index (χ2v) is 7.65. The highest BCUT2D eigenvalue weighted by Gasteiger charge is 2.19. The minimum absolute atomic E-state index is 0.0938. The Hall–Kier alpha value is -0.940. The van der Waals surface area contributed by atoms with Crippen molar-refractivity contribution in [3.05, 3.63) is 50.9 Å². The SMILES string of the molecule is CC(C)(C)c1csc(CC(Cc2ccc(Cl)cc2)NN)n1. The highest BCUT2D eigenvalue weighted by molar-refractivity contribution is 7.09. The third kappa shape index (κ3) is 4.78. The van der Waals surface area contributed by atoms with Gasteiger partial charge in [-0.2, -0.15) is 0 Å². The van der Waals surface area contributed by atoms with E-state index in [1.165, 1.54) is 5.56 Å². The van der Waals surface area contributed by atoms with Crippen molar-refractivity contribution in [3.8, 4) is 0 Å². The summed E-state index contributed by atoms with van der Waals surface area (Å²) in [5, 5.41) is 4.02. The van der Waals surface area contributed by atoms with Crippen molar-refractivity contribution in [1.29, 1.82) is 0 Å². The van der Waals surface area contributed by atoms with Crippen molar-refractivity contribution in [3.63, 3.8) is 0 Å². The van der Waals surface area contributed by atoms with E-state index >= 15 is 0 Å². The van der Waals surface area contributed by atoms with Crippen LogP contribution in [-0.4, -0.2) is 11.0 Å². The van der Waals surface area contributed by atoms with E-state index in [1.807, 2.05) is 24.3 Å². The number of aromatic nitrogens is 1. The van der Waals surface area contributed by atoms with Crippen molar-refractivity contribution < 1.29 is 0 Å². The predicted molar refractivity (Wildman–Crippen MR) is 90.8 cm³/mol. The van der Waals surface area contributed by atoms with Crippen LogP contribution in [-0.2, 0) is 18.3 Å². The first-order chi connectivity index (χ1) is 9.88. The lowest BCUT2D eigenvalue weighted by molar-refractivity contribution is 0.517. The Morgan fingerprint density at radius 3 is 2.43 bits per heavy atom. The molecule has 0 radical (unpaired) electrons. The van der Waals surface area contributed by atoms with Gasteiger partial charge < -0.3 is 0 Å². The van der Waals surface area contributed by atoms with E-state index < -0.39 is 0 Å². The molecule has 0 spiro atoms. The quantitative estimate of drug-likeness (QED) is 0.651. The van der Waals surface area contributed by atoms with Crippen molar-refractivity contribution in [1.82, 2.24) is 10.4 Å². The van der Waals surface area contributed by atoms with Gasteiger partial charge in [0.25, 0.3) is 0 Å². The summed E-state index contributed by atoms with van der Waals surface area (Å²) >= 11 is 7.61. The Labute approximate surface area is 135 Å². The number of hydrazine groups is 1. The Morgan fingerprint density at radius 2 is 1.90 bits per heavy atom. The molecule has 0 bridgehead atoms. The van der Waals surface area contributed by atoms with E-state index in [0.29, 0.717) is 0 Å². The number of nitrogens with zero attached hydrogens (tertiary/aromatic N) is 1. The summed E-state index contributed by atoms with van der Waals surface area (Å²) < 4.78 is 0. The maximum atomic E-state index is 5.91. The molecule has 2 rings (SSSR count). The lowest BCUT2D eigenvalue weighted by Crippen LogP contribution is -2.38. The summed E-state index contributed by atoms with van der Waals surface area (Å²) in [5.74, 6) is 5.69. The Kier molecular flexibility index (Phi) is 5.38. The molecular weight excluding hydrogens is 302 g/mol. The molecule has 1 atom stereocenters. The summed E-state index contributed by atoms with van der Waals surface area (Å²) in [6.07, 6.45) is 1.69. The van der Waals surface area contributed by atoms with Crippen LogP contribution in [0.15, 0.2) is 29.6 Å². The largest absolute Gasteiger partial charge is 0.271 e. The van der Waals surface area contributed by atoms with Gasteiger partial charge in [-0.25, -0.2) is 4.98 Å². The minimum Gasteiger partial charge on any atom is -0.271 e. The van der Waals surface area contributed by atoms with Crippen LogP contribution in [0.1, 0.15) is 37.0 Å². The van der Waals surface area contributed by atoms with Crippen molar-refractivity contribution in [2.24, 2.45) is 5.84 Å². The molecule has 0 saturated carbocycles. The second kappa shape index (κ2) is 6.88. The Morgan fingerprint density at radius 1 is 1.24 bits per heavy atom. The topological polar surface area (TPSA) is 50.9 Å². The minimum atomic E-state index is 0.0938. The molecule has 1 aromatic carbocycles. The van der Waals surface area contributed by atoms with E-state index in [0.717, 1.165) is 28.6 Å². The first-order valence-electron chi connectivity index (χ1n) is 7.04. The Balaban J connectivity index is 2.02. The monoisotopic (exact) mass is 323 g/mol. The first-order valence-corrected chi connectivity index (χ1v) is 8.29. The van der Waals surface area contributed by atoms with Crippen LogP contribution in [0.5, 0.6) is 0 Å². The summed E-state index contributed by atoms with van der Waals surface area (Å²) in [7, 11) is 0. The van der Waals surface area contributed by atoms with Gasteiger partial charge in [0.15, 0.2) is 0 Å². The molecule has 21 heavy (non-hydrogen) atoms. The number of nitrogens with two attached hydrogens (primary N) is 1. The fourth-order valence-corrected chi connectivity index (χ4v) is 3.28. The fourth-order valence-electron chi connectivity index (χ4n) is 2.05. The number of rotatable bonds is 5. The molecule has 3 nitrogen and oxygen atoms in total. The third-order valence-corrected chi connectivity index (χ3v) is 4.50. The number of nitrogens with one attached hydrogen (secondary N) is 1. The highest BCUT2D eigenvalue weighted by atomic mass is 35.5. The molecule has 5 heteroatoms. The van der Waals surface area contributed by atoms with Crippen LogP contribution >= 0.6 is 22.9 Å². The zero-order valence-corrected chi connectivity index (χ0v) is 14.3. The molecule has 0 aliphatic rings. The van der Waals surface area contributed by atoms with E-state index in [9.17, 15) is 0 Å². The summed E-state index contributed by atoms with van der Waals surface area (Å²) in [5.41, 5.74) is 5.35. The predicted octanol–water partition coefficient (Wildman–Crippen LogP) is 3.71. The van der Waals surface area contributed by atoms with E-state index in [2.05, 4.69) is 31.6 Å². The Bertz CT molecular complexity index is 572. The second-order valence-electron chi connectivity index (χ2n) is 6.27. The maximum absolute atomic E-state index is 5.91. The first kappa shape index (κ1) is 16.4. The zero-order chi connectivity index (χ0) is 15.5. The smallest absolute Gasteiger partial charge is 0.0944 e. The molecule has 114 valence electrons. The molecule has 0 aliphatic heterocycles. The van der Waals surface area contributed by atoms with Gasteiger partial charge in [-0.15, -0.1) is 11.3 Å². The standard InChI is InChI=1S/C16H22ClN3S/c1-16(2,3)14-10-21-15(19-14)9-13(20-18)8-11-4-6-12(17)7-5-11/h4-7,10,13,20H,8-9,18H2,1-3H3. The summed E-state index contributed by atoms with van der Waals surface area (Å²) in [4.78, 5) is 4.73. The normalized spacial score (nSPS) is 13.4. The number of halogens is 1. The molecule has 0 fully saturated rings. The van der Waals surface area contributed by atoms with Crippen LogP contribution in [0.25, 0.3) is 0 Å². The van der Waals surface area contributed by atoms with Gasteiger partial charge in [-0.3, -0.25) is 11.3 Å². The van der Waals surface area contributed by atoms with Crippen LogP contribution in [0, 0.1) is 0 Å². The molecule has 0 amide bonds. The van der Waals surface area contributed by atoms with Gasteiger partial charge in [0, 0.05) is 28.3 Å². The third-order valence-electron chi connectivity index (χ3n) is 3.37. The van der Waals surface area contributed by atoms with Gasteiger partial charge in [-0.05, 0) is 24.1 Å².